The van der Waals surface area contributed by atoms with E-state index >= 15 is 0 Å². The lowest BCUT2D eigenvalue weighted by atomic mass is 10.1. The van der Waals surface area contributed by atoms with Crippen LogP contribution in [0, 0.1) is 0 Å². The third-order valence-electron chi connectivity index (χ3n) is 5.17. The zero-order valence-corrected chi connectivity index (χ0v) is 16.0. The molecular weight excluding hydrogens is 352 g/mol. The smallest absolute Gasteiger partial charge is 0.253 e. The minimum Gasteiger partial charge on any atom is -0.336 e. The number of carbonyl (C=O) groups is 1. The fourth-order valence-electron chi connectivity index (χ4n) is 3.45. The maximum Gasteiger partial charge on any atom is 0.253 e. The van der Waals surface area contributed by atoms with Gasteiger partial charge in [0.2, 0.25) is 0 Å². The molecule has 1 fully saturated rings. The molecule has 1 amide bonds. The van der Waals surface area contributed by atoms with Crippen LogP contribution in [0.5, 0.6) is 0 Å². The molecular formula is C21H24N6O. The molecule has 28 heavy (non-hydrogen) atoms. The van der Waals surface area contributed by atoms with Gasteiger partial charge in [0.25, 0.3) is 5.91 Å². The molecule has 0 saturated carbocycles. The van der Waals surface area contributed by atoms with E-state index < -0.39 is 0 Å². The Kier molecular flexibility index (Phi) is 5.43. The summed E-state index contributed by atoms with van der Waals surface area (Å²) in [4.78, 5) is 16.9. The van der Waals surface area contributed by atoms with E-state index in [4.69, 9.17) is 0 Å². The average molecular weight is 376 g/mol. The van der Waals surface area contributed by atoms with Crippen LogP contribution in [0.1, 0.15) is 28.7 Å². The maximum atomic E-state index is 12.7. The number of aromatic nitrogens is 4. The molecule has 7 heteroatoms. The summed E-state index contributed by atoms with van der Waals surface area (Å²) in [6.45, 7) is 5.81. The first-order valence-electron chi connectivity index (χ1n) is 9.68. The zero-order valence-electron chi connectivity index (χ0n) is 16.0. The minimum absolute atomic E-state index is 0.108. The summed E-state index contributed by atoms with van der Waals surface area (Å²) in [7, 11) is 0. The number of hydrogen-bond acceptors (Lipinski definition) is 5. The van der Waals surface area contributed by atoms with Crippen molar-refractivity contribution in [3.63, 3.8) is 0 Å². The second kappa shape index (κ2) is 8.31. The van der Waals surface area contributed by atoms with Crippen LogP contribution in [-0.4, -0.2) is 62.1 Å². The van der Waals surface area contributed by atoms with Gasteiger partial charge in [-0.25, -0.2) is 0 Å². The molecule has 2 heterocycles. The summed E-state index contributed by atoms with van der Waals surface area (Å²) in [5.41, 5.74) is 2.96. The highest BCUT2D eigenvalue weighted by molar-refractivity contribution is 5.94. The summed E-state index contributed by atoms with van der Waals surface area (Å²) in [5, 5.41) is 12.1. The quantitative estimate of drug-likeness (QED) is 0.683. The predicted octanol–water partition coefficient (Wildman–Crippen LogP) is 2.18. The Morgan fingerprint density at radius 1 is 0.964 bits per heavy atom. The van der Waals surface area contributed by atoms with Crippen LogP contribution in [0.4, 0.5) is 0 Å². The lowest BCUT2D eigenvalue weighted by molar-refractivity contribution is 0.0624. The highest BCUT2D eigenvalue weighted by atomic mass is 16.2. The first kappa shape index (κ1) is 18.3. The zero-order chi connectivity index (χ0) is 19.3. The van der Waals surface area contributed by atoms with Crippen LogP contribution < -0.4 is 0 Å². The summed E-state index contributed by atoms with van der Waals surface area (Å²) in [6.07, 6.45) is 0.982. The van der Waals surface area contributed by atoms with E-state index in [9.17, 15) is 4.79 Å². The van der Waals surface area contributed by atoms with Crippen molar-refractivity contribution in [2.45, 2.75) is 19.9 Å². The lowest BCUT2D eigenvalue weighted by Crippen LogP contribution is -2.48. The normalized spacial score (nSPS) is 15.0. The van der Waals surface area contributed by atoms with Gasteiger partial charge >= 0.3 is 0 Å². The fraction of sp³-hybridized carbons (Fsp3) is 0.333. The van der Waals surface area contributed by atoms with Crippen molar-refractivity contribution < 1.29 is 4.79 Å². The highest BCUT2D eigenvalue weighted by Crippen LogP contribution is 2.13. The molecule has 1 aliphatic heterocycles. The standard InChI is InChI=1S/C21H24N6O/c1-2-17-8-10-18(11-9-17)21(28)26-14-12-25(13-15-26)16-20-22-23-24-27(20)19-6-4-3-5-7-19/h3-11H,2,12-16H2,1H3. The maximum absolute atomic E-state index is 12.7. The molecule has 1 saturated heterocycles. The van der Waals surface area contributed by atoms with Gasteiger partial charge in [0.05, 0.1) is 12.2 Å². The fourth-order valence-corrected chi connectivity index (χ4v) is 3.45. The Bertz CT molecular complexity index is 914. The SMILES string of the molecule is CCc1ccc(C(=O)N2CCN(Cc3nnnn3-c3ccccc3)CC2)cc1. The van der Waals surface area contributed by atoms with E-state index in [0.717, 1.165) is 36.6 Å². The number of piperazine rings is 1. The van der Waals surface area contributed by atoms with Gasteiger partial charge in [-0.1, -0.05) is 37.3 Å². The van der Waals surface area contributed by atoms with Crippen LogP contribution in [0.15, 0.2) is 54.6 Å². The van der Waals surface area contributed by atoms with Crippen molar-refractivity contribution in [3.8, 4) is 5.69 Å². The van der Waals surface area contributed by atoms with Crippen LogP contribution >= 0.6 is 0 Å². The molecule has 1 aliphatic rings. The number of nitrogens with zero attached hydrogens (tertiary/aromatic N) is 6. The lowest BCUT2D eigenvalue weighted by Gasteiger charge is -2.34. The number of carbonyl (C=O) groups excluding carboxylic acids is 1. The monoisotopic (exact) mass is 376 g/mol. The molecule has 0 bridgehead atoms. The molecule has 0 N–H and O–H groups in total. The van der Waals surface area contributed by atoms with E-state index in [1.54, 1.807) is 4.68 Å². The molecule has 1 aromatic heterocycles. The Balaban J connectivity index is 1.36. The van der Waals surface area contributed by atoms with Gasteiger partial charge < -0.3 is 4.90 Å². The molecule has 4 rings (SSSR count). The summed E-state index contributed by atoms with van der Waals surface area (Å²) in [5.74, 6) is 0.914. The minimum atomic E-state index is 0.108. The van der Waals surface area contributed by atoms with Crippen molar-refractivity contribution in [2.24, 2.45) is 0 Å². The van der Waals surface area contributed by atoms with Gasteiger partial charge in [-0.3, -0.25) is 9.69 Å². The molecule has 7 nitrogen and oxygen atoms in total. The van der Waals surface area contributed by atoms with Gasteiger partial charge in [-0.15, -0.1) is 5.10 Å². The Hall–Kier alpha value is -3.06. The summed E-state index contributed by atoms with van der Waals surface area (Å²) < 4.78 is 1.77. The largest absolute Gasteiger partial charge is 0.336 e. The van der Waals surface area contributed by atoms with Crippen LogP contribution in [0.25, 0.3) is 5.69 Å². The van der Waals surface area contributed by atoms with E-state index in [2.05, 4.69) is 27.3 Å². The Morgan fingerprint density at radius 3 is 2.36 bits per heavy atom. The van der Waals surface area contributed by atoms with E-state index in [1.165, 1.54) is 5.56 Å². The van der Waals surface area contributed by atoms with Crippen molar-refractivity contribution >= 4 is 5.91 Å². The number of hydrogen-bond donors (Lipinski definition) is 0. The molecule has 0 spiro atoms. The molecule has 3 aromatic rings. The number of tetrazole rings is 1. The van der Waals surface area contributed by atoms with Crippen LogP contribution in [0.3, 0.4) is 0 Å². The van der Waals surface area contributed by atoms with Gasteiger partial charge in [-0.2, -0.15) is 4.68 Å². The number of rotatable bonds is 5. The summed E-state index contributed by atoms with van der Waals surface area (Å²) in [6, 6.07) is 17.8. The van der Waals surface area contributed by atoms with E-state index in [1.807, 2.05) is 59.5 Å². The molecule has 0 atom stereocenters. The van der Waals surface area contributed by atoms with Gasteiger partial charge in [-0.05, 0) is 46.7 Å². The number of para-hydroxylation sites is 1. The van der Waals surface area contributed by atoms with Crippen molar-refractivity contribution in [1.82, 2.24) is 30.0 Å². The molecule has 0 radical (unpaired) electrons. The second-order valence-corrected chi connectivity index (χ2v) is 6.96. The second-order valence-electron chi connectivity index (χ2n) is 6.96. The topological polar surface area (TPSA) is 67.2 Å². The van der Waals surface area contributed by atoms with E-state index in [-0.39, 0.29) is 5.91 Å². The van der Waals surface area contributed by atoms with Gasteiger partial charge in [0.1, 0.15) is 0 Å². The van der Waals surface area contributed by atoms with Gasteiger partial charge in [0.15, 0.2) is 5.82 Å². The first-order chi connectivity index (χ1) is 13.7. The highest BCUT2D eigenvalue weighted by Gasteiger charge is 2.23. The first-order valence-corrected chi connectivity index (χ1v) is 9.68. The van der Waals surface area contributed by atoms with Crippen LogP contribution in [0.2, 0.25) is 0 Å². The van der Waals surface area contributed by atoms with Crippen molar-refractivity contribution in [2.75, 3.05) is 26.2 Å². The average Bonchev–Trinajstić information content (AvgIpc) is 3.22. The third kappa shape index (κ3) is 3.94. The molecule has 0 unspecified atom stereocenters. The number of amides is 1. The number of benzene rings is 2. The van der Waals surface area contributed by atoms with Gasteiger partial charge in [0, 0.05) is 31.7 Å². The predicted molar refractivity (Wildman–Crippen MR) is 106 cm³/mol. The number of aryl methyl sites for hydroxylation is 1. The van der Waals surface area contributed by atoms with E-state index in [0.29, 0.717) is 19.6 Å². The third-order valence-corrected chi connectivity index (χ3v) is 5.17. The van der Waals surface area contributed by atoms with Crippen LogP contribution in [-0.2, 0) is 13.0 Å². The Morgan fingerprint density at radius 2 is 1.68 bits per heavy atom. The van der Waals surface area contributed by atoms with Crippen molar-refractivity contribution in [1.29, 1.82) is 0 Å². The summed E-state index contributed by atoms with van der Waals surface area (Å²) >= 11 is 0. The van der Waals surface area contributed by atoms with Crippen molar-refractivity contribution in [3.05, 3.63) is 71.5 Å². The molecule has 0 aliphatic carbocycles. The molecule has 2 aromatic carbocycles. The Labute approximate surface area is 164 Å². The molecule has 144 valence electrons.